The minimum Gasteiger partial charge on any atom is -0.301 e. The molecule has 2 fully saturated rings. The van der Waals surface area contributed by atoms with Crippen molar-refractivity contribution in [2.45, 2.75) is 0 Å². The van der Waals surface area contributed by atoms with Crippen LogP contribution in [0.1, 0.15) is 0 Å². The zero-order chi connectivity index (χ0) is 23.0. The Bertz CT molecular complexity index is 1210. The lowest BCUT2D eigenvalue weighted by Gasteiger charge is -2.32. The number of thiocarbonyl (C=S) groups is 1. The number of carbonyl (C=O) groups excluding carboxylic acids is 5. The van der Waals surface area contributed by atoms with Gasteiger partial charge in [0.15, 0.2) is 5.11 Å². The molecule has 2 N–H and O–H groups in total. The lowest BCUT2D eigenvalue weighted by atomic mass is 9.98. The van der Waals surface area contributed by atoms with Crippen LogP contribution in [0.3, 0.4) is 0 Å². The van der Waals surface area contributed by atoms with Crippen molar-refractivity contribution in [3.05, 3.63) is 71.3 Å². The van der Waals surface area contributed by atoms with Crippen molar-refractivity contribution in [3.8, 4) is 0 Å². The number of benzene rings is 2. The lowest BCUT2D eigenvalue weighted by Crippen LogP contribution is -2.58. The number of amides is 6. The van der Waals surface area contributed by atoms with Crippen LogP contribution in [0, 0.1) is 5.92 Å². The topological polar surface area (TPSA) is 116 Å². The van der Waals surface area contributed by atoms with Gasteiger partial charge in [-0.1, -0.05) is 29.8 Å². The predicted octanol–water partition coefficient (Wildman–Crippen LogP) is 1.91. The quantitative estimate of drug-likeness (QED) is 0.308. The molecular formula is C21H13ClN4O5S. The van der Waals surface area contributed by atoms with E-state index >= 15 is 0 Å². The van der Waals surface area contributed by atoms with E-state index in [9.17, 15) is 24.0 Å². The minimum absolute atomic E-state index is 0.127. The van der Waals surface area contributed by atoms with Crippen LogP contribution in [0.2, 0.25) is 5.02 Å². The summed E-state index contributed by atoms with van der Waals surface area (Å²) in [5.41, 5.74) is 0.0268. The number of anilines is 2. The van der Waals surface area contributed by atoms with Crippen molar-refractivity contribution in [2.75, 3.05) is 9.80 Å². The molecule has 0 radical (unpaired) electrons. The molecule has 1 atom stereocenters. The fourth-order valence-corrected chi connectivity index (χ4v) is 3.65. The number of barbiturate groups is 1. The number of nitrogens with zero attached hydrogens (tertiary/aromatic N) is 2. The van der Waals surface area contributed by atoms with Gasteiger partial charge in [0.2, 0.25) is 11.8 Å². The third-order valence-corrected chi connectivity index (χ3v) is 5.27. The molecule has 2 saturated heterocycles. The molecule has 6 amide bonds. The van der Waals surface area contributed by atoms with Gasteiger partial charge in [-0.2, -0.15) is 0 Å². The average Bonchev–Trinajstić information content (AvgIpc) is 2.75. The summed E-state index contributed by atoms with van der Waals surface area (Å²) in [4.78, 5) is 65.1. The normalized spacial score (nSPS) is 20.5. The third kappa shape index (κ3) is 3.77. The minimum atomic E-state index is -1.52. The first kappa shape index (κ1) is 21.3. The molecular weight excluding hydrogens is 456 g/mol. The molecule has 2 aliphatic rings. The average molecular weight is 469 g/mol. The maximum Gasteiger partial charge on any atom is 0.335 e. The van der Waals surface area contributed by atoms with Gasteiger partial charge < -0.3 is 5.32 Å². The number of para-hydroxylation sites is 1. The summed E-state index contributed by atoms with van der Waals surface area (Å²) in [5.74, 6) is -5.07. The van der Waals surface area contributed by atoms with Crippen molar-refractivity contribution in [1.29, 1.82) is 0 Å². The van der Waals surface area contributed by atoms with E-state index in [2.05, 4.69) is 5.32 Å². The van der Waals surface area contributed by atoms with Gasteiger partial charge in [-0.15, -0.1) is 0 Å². The molecule has 0 aromatic heterocycles. The zero-order valence-corrected chi connectivity index (χ0v) is 17.6. The fraction of sp³-hybridized carbons (Fsp3) is 0.0476. The van der Waals surface area contributed by atoms with Gasteiger partial charge >= 0.3 is 6.03 Å². The van der Waals surface area contributed by atoms with Crippen LogP contribution in [0.25, 0.3) is 0 Å². The SMILES string of the molecule is O=C1NC(=O)N(c2ccc(Cl)cc2)C(=O)/C1=C/[C@H]1C(=O)NC(=S)N(c2ccccc2)C1=O. The molecule has 160 valence electrons. The highest BCUT2D eigenvalue weighted by Gasteiger charge is 2.42. The van der Waals surface area contributed by atoms with E-state index in [1.165, 1.54) is 24.3 Å². The lowest BCUT2D eigenvalue weighted by molar-refractivity contribution is -0.131. The largest absolute Gasteiger partial charge is 0.335 e. The molecule has 2 aliphatic heterocycles. The number of imide groups is 2. The van der Waals surface area contributed by atoms with Crippen molar-refractivity contribution >= 4 is 70.0 Å². The standard InChI is InChI=1S/C21H13ClN4O5S/c22-11-6-8-13(9-7-11)25-18(29)14(16(27)23-20(25)31)10-15-17(28)24-21(32)26(19(15)30)12-4-2-1-3-5-12/h1-10,15H,(H,23,27,31)(H,24,28,32)/b14-10+/t15-/m0/s1. The molecule has 4 rings (SSSR count). The molecule has 11 heteroatoms. The molecule has 9 nitrogen and oxygen atoms in total. The number of hydrogen-bond donors (Lipinski definition) is 2. The Balaban J connectivity index is 1.71. The van der Waals surface area contributed by atoms with Gasteiger partial charge in [0, 0.05) is 5.02 Å². The summed E-state index contributed by atoms with van der Waals surface area (Å²) in [7, 11) is 0. The molecule has 2 aromatic rings. The highest BCUT2D eigenvalue weighted by Crippen LogP contribution is 2.25. The van der Waals surface area contributed by atoms with Crippen LogP contribution in [0.5, 0.6) is 0 Å². The van der Waals surface area contributed by atoms with Gasteiger partial charge in [0.05, 0.1) is 11.4 Å². The second-order valence-electron chi connectivity index (χ2n) is 6.74. The number of urea groups is 1. The summed E-state index contributed by atoms with van der Waals surface area (Å²) in [6, 6.07) is 13.1. The number of rotatable bonds is 3. The summed E-state index contributed by atoms with van der Waals surface area (Å²) in [6.45, 7) is 0. The second-order valence-corrected chi connectivity index (χ2v) is 7.56. The van der Waals surface area contributed by atoms with E-state index in [1.54, 1.807) is 30.3 Å². The molecule has 32 heavy (non-hydrogen) atoms. The first-order chi connectivity index (χ1) is 15.3. The predicted molar refractivity (Wildman–Crippen MR) is 119 cm³/mol. The Hall–Kier alpha value is -3.89. The van der Waals surface area contributed by atoms with Gasteiger partial charge in [-0.25, -0.2) is 9.69 Å². The van der Waals surface area contributed by atoms with Gasteiger partial charge in [0.1, 0.15) is 11.5 Å². The highest BCUT2D eigenvalue weighted by atomic mass is 35.5. The molecule has 0 spiro atoms. The van der Waals surface area contributed by atoms with E-state index in [1.807, 2.05) is 5.32 Å². The second kappa shape index (κ2) is 8.33. The van der Waals surface area contributed by atoms with Crippen molar-refractivity contribution in [2.24, 2.45) is 5.92 Å². The van der Waals surface area contributed by atoms with Crippen LogP contribution in [-0.4, -0.2) is 34.8 Å². The first-order valence-corrected chi connectivity index (χ1v) is 9.97. The molecule has 0 bridgehead atoms. The number of nitrogens with one attached hydrogen (secondary N) is 2. The fourth-order valence-electron chi connectivity index (χ4n) is 3.23. The molecule has 0 aliphatic carbocycles. The summed E-state index contributed by atoms with van der Waals surface area (Å²) in [6.07, 6.45) is 0.933. The Kier molecular flexibility index (Phi) is 5.56. The smallest absolute Gasteiger partial charge is 0.301 e. The van der Waals surface area contributed by atoms with Crippen LogP contribution in [0.4, 0.5) is 16.2 Å². The highest BCUT2D eigenvalue weighted by molar-refractivity contribution is 7.80. The van der Waals surface area contributed by atoms with Crippen LogP contribution < -0.4 is 20.4 Å². The van der Waals surface area contributed by atoms with Crippen LogP contribution >= 0.6 is 23.8 Å². The van der Waals surface area contributed by atoms with Gasteiger partial charge in [-0.05, 0) is 54.7 Å². The van der Waals surface area contributed by atoms with Crippen LogP contribution in [-0.2, 0) is 19.2 Å². The summed E-state index contributed by atoms with van der Waals surface area (Å²) < 4.78 is 0. The Morgan fingerprint density at radius 3 is 2.12 bits per heavy atom. The van der Waals surface area contributed by atoms with Gasteiger partial charge in [0.25, 0.3) is 11.8 Å². The van der Waals surface area contributed by atoms with E-state index in [4.69, 9.17) is 23.8 Å². The van der Waals surface area contributed by atoms with Crippen molar-refractivity contribution < 1.29 is 24.0 Å². The molecule has 2 aromatic carbocycles. The van der Waals surface area contributed by atoms with E-state index in [-0.39, 0.29) is 10.8 Å². The Labute approximate surface area is 191 Å². The van der Waals surface area contributed by atoms with Gasteiger partial charge in [-0.3, -0.25) is 29.4 Å². The molecule has 2 heterocycles. The first-order valence-electron chi connectivity index (χ1n) is 9.19. The summed E-state index contributed by atoms with van der Waals surface area (Å²) >= 11 is 11.0. The maximum atomic E-state index is 13.1. The molecule has 0 saturated carbocycles. The third-order valence-electron chi connectivity index (χ3n) is 4.74. The van der Waals surface area contributed by atoms with Crippen molar-refractivity contribution in [3.63, 3.8) is 0 Å². The number of hydrogen-bond acceptors (Lipinski definition) is 6. The monoisotopic (exact) mass is 468 g/mol. The Morgan fingerprint density at radius 1 is 0.844 bits per heavy atom. The van der Waals surface area contributed by atoms with Crippen LogP contribution in [0.15, 0.2) is 66.2 Å². The number of halogens is 1. The molecule has 0 unspecified atom stereocenters. The van der Waals surface area contributed by atoms with E-state index in [0.717, 1.165) is 11.0 Å². The van der Waals surface area contributed by atoms with E-state index in [0.29, 0.717) is 15.6 Å². The van der Waals surface area contributed by atoms with Crippen molar-refractivity contribution in [1.82, 2.24) is 10.6 Å². The summed E-state index contributed by atoms with van der Waals surface area (Å²) in [5, 5.41) is 4.69. The maximum absolute atomic E-state index is 13.1. The van der Waals surface area contributed by atoms with E-state index < -0.39 is 41.2 Å². The zero-order valence-electron chi connectivity index (χ0n) is 16.1. The Morgan fingerprint density at radius 2 is 1.47 bits per heavy atom. The number of carbonyl (C=O) groups is 5.